The Bertz CT molecular complexity index is 1310. The molecule has 3 fully saturated rings. The summed E-state index contributed by atoms with van der Waals surface area (Å²) in [5, 5.41) is 0.576. The lowest BCUT2D eigenvalue weighted by Crippen LogP contribution is -2.47. The number of sulfonamides is 1. The van der Waals surface area contributed by atoms with Gasteiger partial charge in [0.1, 0.15) is 0 Å². The van der Waals surface area contributed by atoms with Crippen molar-refractivity contribution < 1.29 is 13.2 Å². The number of pyridine rings is 1. The molecule has 3 aliphatic rings. The van der Waals surface area contributed by atoms with Crippen molar-refractivity contribution in [2.45, 2.75) is 94.4 Å². The average molecular weight is 601 g/mol. The van der Waals surface area contributed by atoms with E-state index in [9.17, 15) is 13.2 Å². The molecule has 3 saturated heterocycles. The third kappa shape index (κ3) is 6.82. The highest BCUT2D eigenvalue weighted by atomic mass is 35.5. The third-order valence-electron chi connectivity index (χ3n) is 9.76. The predicted octanol–water partition coefficient (Wildman–Crippen LogP) is 5.72. The van der Waals surface area contributed by atoms with Gasteiger partial charge >= 0.3 is 0 Å². The third-order valence-corrected chi connectivity index (χ3v) is 12.3. The molecule has 0 bridgehead atoms. The second kappa shape index (κ2) is 13.1. The Balaban J connectivity index is 1.22. The fourth-order valence-electron chi connectivity index (χ4n) is 7.11. The Hall–Kier alpha value is -2.00. The summed E-state index contributed by atoms with van der Waals surface area (Å²) in [6.07, 6.45) is 13.0. The van der Waals surface area contributed by atoms with Crippen molar-refractivity contribution in [3.05, 3.63) is 58.4 Å². The molecule has 4 heterocycles. The first-order valence-corrected chi connectivity index (χ1v) is 17.2. The van der Waals surface area contributed by atoms with Crippen LogP contribution in [0.25, 0.3) is 0 Å². The van der Waals surface area contributed by atoms with E-state index < -0.39 is 10.0 Å². The molecule has 2 aromatic rings. The van der Waals surface area contributed by atoms with Crippen molar-refractivity contribution in [1.29, 1.82) is 0 Å². The van der Waals surface area contributed by atoms with E-state index in [1.54, 1.807) is 23.4 Å². The van der Waals surface area contributed by atoms with Crippen LogP contribution in [0.2, 0.25) is 5.02 Å². The lowest BCUT2D eigenvalue weighted by atomic mass is 9.70. The summed E-state index contributed by atoms with van der Waals surface area (Å²) in [6, 6.07) is 7.50. The van der Waals surface area contributed by atoms with Gasteiger partial charge < -0.3 is 9.80 Å². The first-order valence-electron chi connectivity index (χ1n) is 15.4. The minimum absolute atomic E-state index is 0.0520. The smallest absolute Gasteiger partial charge is 0.243 e. The quantitative estimate of drug-likeness (QED) is 0.368. The minimum atomic E-state index is -3.67. The maximum atomic E-state index is 13.8. The molecule has 0 saturated carbocycles. The van der Waals surface area contributed by atoms with Gasteiger partial charge in [-0.3, -0.25) is 9.78 Å². The Morgan fingerprint density at radius 3 is 2.46 bits per heavy atom. The predicted molar refractivity (Wildman–Crippen MR) is 164 cm³/mol. The van der Waals surface area contributed by atoms with Gasteiger partial charge in [0.15, 0.2) is 0 Å². The normalized spacial score (nSPS) is 22.2. The number of aryl methyl sites for hydroxylation is 2. The van der Waals surface area contributed by atoms with Gasteiger partial charge in [0.05, 0.1) is 4.90 Å². The zero-order valence-corrected chi connectivity index (χ0v) is 26.2. The highest BCUT2D eigenvalue weighted by molar-refractivity contribution is 7.89. The van der Waals surface area contributed by atoms with E-state index in [4.69, 9.17) is 11.6 Å². The van der Waals surface area contributed by atoms with Crippen LogP contribution in [0.5, 0.6) is 0 Å². The van der Waals surface area contributed by atoms with Crippen molar-refractivity contribution in [3.8, 4) is 0 Å². The van der Waals surface area contributed by atoms with Crippen LogP contribution in [0.4, 0.5) is 0 Å². The van der Waals surface area contributed by atoms with Crippen LogP contribution in [0.3, 0.4) is 0 Å². The second-order valence-electron chi connectivity index (χ2n) is 12.4. The van der Waals surface area contributed by atoms with Crippen LogP contribution < -0.4 is 0 Å². The van der Waals surface area contributed by atoms with Crippen LogP contribution in [0, 0.1) is 13.8 Å². The van der Waals surface area contributed by atoms with E-state index in [1.807, 2.05) is 30.3 Å². The zero-order chi connectivity index (χ0) is 29.0. The molecule has 0 spiro atoms. The molecule has 224 valence electrons. The van der Waals surface area contributed by atoms with Gasteiger partial charge in [-0.2, -0.15) is 4.31 Å². The van der Waals surface area contributed by atoms with Crippen LogP contribution in [-0.4, -0.2) is 78.7 Å². The highest BCUT2D eigenvalue weighted by Crippen LogP contribution is 2.39. The first kappa shape index (κ1) is 30.5. The minimum Gasteiger partial charge on any atom is -0.343 e. The van der Waals surface area contributed by atoms with E-state index in [1.165, 1.54) is 31.5 Å². The Labute approximate surface area is 251 Å². The van der Waals surface area contributed by atoms with Gasteiger partial charge in [-0.05, 0) is 120 Å². The largest absolute Gasteiger partial charge is 0.343 e. The van der Waals surface area contributed by atoms with Gasteiger partial charge in [-0.25, -0.2) is 8.42 Å². The number of halogens is 1. The summed E-state index contributed by atoms with van der Waals surface area (Å²) >= 11 is 6.25. The Morgan fingerprint density at radius 2 is 1.76 bits per heavy atom. The molecule has 1 atom stereocenters. The molecule has 5 rings (SSSR count). The SMILES string of the molecule is Cc1cc(S(=O)(=O)N2CCCCC2CCC(=O)N2CCC(CCN3CCCC3)(c3cccnc3)CC2)c(C)cc1Cl. The molecular formula is C32H45ClN4O3S. The summed E-state index contributed by atoms with van der Waals surface area (Å²) in [6.45, 7) is 9.10. The maximum absolute atomic E-state index is 13.8. The van der Waals surface area contributed by atoms with E-state index in [0.717, 1.165) is 63.7 Å². The number of hydrogen-bond donors (Lipinski definition) is 0. The van der Waals surface area contributed by atoms with Gasteiger partial charge in [0.25, 0.3) is 0 Å². The fraction of sp³-hybridized carbons (Fsp3) is 0.625. The summed E-state index contributed by atoms with van der Waals surface area (Å²) in [5.74, 6) is 0.144. The molecule has 1 unspecified atom stereocenters. The summed E-state index contributed by atoms with van der Waals surface area (Å²) in [4.78, 5) is 22.8. The van der Waals surface area contributed by atoms with Crippen LogP contribution in [0.1, 0.15) is 80.9 Å². The Kier molecular flexibility index (Phi) is 9.74. The molecule has 1 amide bonds. The van der Waals surface area contributed by atoms with Gasteiger partial charge in [0, 0.05) is 54.9 Å². The summed E-state index contributed by atoms with van der Waals surface area (Å²) in [7, 11) is -3.67. The number of likely N-dealkylation sites (tertiary alicyclic amines) is 2. The lowest BCUT2D eigenvalue weighted by molar-refractivity contribution is -0.133. The average Bonchev–Trinajstić information content (AvgIpc) is 3.51. The molecular weight excluding hydrogens is 556 g/mol. The topological polar surface area (TPSA) is 73.8 Å². The number of carbonyl (C=O) groups is 1. The lowest BCUT2D eigenvalue weighted by Gasteiger charge is -2.43. The first-order chi connectivity index (χ1) is 19.7. The standard InChI is InChI=1S/C32H45ClN4O3S/c1-25-23-30(26(2)22-29(25)33)41(39,40)37-18-4-3-9-28(37)10-11-31(38)36-20-13-32(14-21-36,27-8-7-15-34-24-27)12-19-35-16-5-6-17-35/h7-8,15,22-24,28H,3-6,9-14,16-21H2,1-2H3. The fourth-order valence-corrected chi connectivity index (χ4v) is 9.34. The maximum Gasteiger partial charge on any atom is 0.243 e. The van der Waals surface area contributed by atoms with Crippen molar-refractivity contribution in [3.63, 3.8) is 0 Å². The molecule has 3 aliphatic heterocycles. The van der Waals surface area contributed by atoms with Gasteiger partial charge in [0.2, 0.25) is 15.9 Å². The zero-order valence-electron chi connectivity index (χ0n) is 24.7. The second-order valence-corrected chi connectivity index (χ2v) is 14.6. The van der Waals surface area contributed by atoms with Crippen molar-refractivity contribution in [1.82, 2.24) is 19.1 Å². The van der Waals surface area contributed by atoms with E-state index in [0.29, 0.717) is 34.9 Å². The number of nitrogens with zero attached hydrogens (tertiary/aromatic N) is 4. The molecule has 41 heavy (non-hydrogen) atoms. The molecule has 1 aromatic carbocycles. The summed E-state index contributed by atoms with van der Waals surface area (Å²) < 4.78 is 29.2. The number of carbonyl (C=O) groups excluding carboxylic acids is 1. The van der Waals surface area contributed by atoms with E-state index in [2.05, 4.69) is 16.0 Å². The van der Waals surface area contributed by atoms with Crippen molar-refractivity contribution >= 4 is 27.5 Å². The van der Waals surface area contributed by atoms with Crippen LogP contribution >= 0.6 is 11.6 Å². The monoisotopic (exact) mass is 600 g/mol. The van der Waals surface area contributed by atoms with E-state index in [-0.39, 0.29) is 17.4 Å². The van der Waals surface area contributed by atoms with Crippen LogP contribution in [0.15, 0.2) is 41.6 Å². The Morgan fingerprint density at radius 1 is 1.02 bits per heavy atom. The molecule has 9 heteroatoms. The van der Waals surface area contributed by atoms with Gasteiger partial charge in [-0.1, -0.05) is 24.1 Å². The number of hydrogen-bond acceptors (Lipinski definition) is 5. The molecule has 7 nitrogen and oxygen atoms in total. The number of piperidine rings is 2. The highest BCUT2D eigenvalue weighted by Gasteiger charge is 2.39. The molecule has 0 radical (unpaired) electrons. The number of aromatic nitrogens is 1. The van der Waals surface area contributed by atoms with Crippen molar-refractivity contribution in [2.24, 2.45) is 0 Å². The molecule has 0 aliphatic carbocycles. The molecule has 1 aromatic heterocycles. The van der Waals surface area contributed by atoms with Gasteiger partial charge in [-0.15, -0.1) is 0 Å². The van der Waals surface area contributed by atoms with Crippen molar-refractivity contribution in [2.75, 3.05) is 39.3 Å². The number of amides is 1. The summed E-state index contributed by atoms with van der Waals surface area (Å²) in [5.41, 5.74) is 2.77. The number of benzene rings is 1. The number of rotatable bonds is 9. The van der Waals surface area contributed by atoms with Crippen LogP contribution in [-0.2, 0) is 20.2 Å². The van der Waals surface area contributed by atoms with E-state index >= 15 is 0 Å². The molecule has 0 N–H and O–H groups in total.